The summed E-state index contributed by atoms with van der Waals surface area (Å²) in [4.78, 5) is 17.0. The van der Waals surface area contributed by atoms with Crippen LogP contribution in [0.3, 0.4) is 0 Å². The van der Waals surface area contributed by atoms with Crippen LogP contribution < -0.4 is 14.8 Å². The van der Waals surface area contributed by atoms with Crippen molar-refractivity contribution < 1.29 is 19.0 Å². The minimum Gasteiger partial charge on any atom is -0.492 e. The summed E-state index contributed by atoms with van der Waals surface area (Å²) in [6, 6.07) is 7.17. The first-order valence-corrected chi connectivity index (χ1v) is 9.11. The molecular formula is C19H23ClN2O4. The Bertz CT molecular complexity index is 790. The molecule has 1 aliphatic heterocycles. The number of carbonyl (C=O) groups is 1. The molecule has 1 aromatic carbocycles. The molecule has 7 heteroatoms. The molecule has 0 saturated carbocycles. The number of carbonyl (C=O) groups excluding carboxylic acids is 1. The number of pyridine rings is 1. The maximum Gasteiger partial charge on any atom is 0.315 e. The summed E-state index contributed by atoms with van der Waals surface area (Å²) in [5, 5.41) is 4.58. The minimum absolute atomic E-state index is 0.195. The van der Waals surface area contributed by atoms with E-state index in [0.717, 1.165) is 18.5 Å². The number of halogens is 1. The summed E-state index contributed by atoms with van der Waals surface area (Å²) in [5.41, 5.74) is -0.0216. The predicted octanol–water partition coefficient (Wildman–Crippen LogP) is 3.21. The van der Waals surface area contributed by atoms with Gasteiger partial charge in [-0.15, -0.1) is 0 Å². The van der Waals surface area contributed by atoms with Crippen LogP contribution in [0.2, 0.25) is 5.02 Å². The van der Waals surface area contributed by atoms with Crippen molar-refractivity contribution in [1.82, 2.24) is 10.3 Å². The van der Waals surface area contributed by atoms with Crippen molar-refractivity contribution in [2.24, 2.45) is 5.41 Å². The molecule has 1 fully saturated rings. The van der Waals surface area contributed by atoms with Crippen molar-refractivity contribution in [2.75, 3.05) is 33.4 Å². The number of benzene rings is 1. The lowest BCUT2D eigenvalue weighted by molar-refractivity contribution is -0.159. The molecular weight excluding hydrogens is 356 g/mol. The second-order valence-electron chi connectivity index (χ2n) is 6.33. The number of piperidine rings is 1. The van der Waals surface area contributed by atoms with Gasteiger partial charge < -0.3 is 19.5 Å². The number of nitrogens with one attached hydrogen (secondary N) is 1. The molecule has 1 saturated heterocycles. The molecule has 1 aromatic heterocycles. The summed E-state index contributed by atoms with van der Waals surface area (Å²) >= 11 is 6.27. The number of aromatic nitrogens is 1. The maximum atomic E-state index is 12.6. The SMILES string of the molecule is CCOC(=O)C1(COc2ccc(Cl)c3nc(OC)ccc23)CCNCC1. The highest BCUT2D eigenvalue weighted by molar-refractivity contribution is 6.35. The van der Waals surface area contributed by atoms with E-state index in [2.05, 4.69) is 10.3 Å². The van der Waals surface area contributed by atoms with Crippen LogP contribution >= 0.6 is 11.6 Å². The number of fused-ring (bicyclic) bond motifs is 1. The minimum atomic E-state index is -0.632. The average molecular weight is 379 g/mol. The van der Waals surface area contributed by atoms with E-state index in [9.17, 15) is 4.79 Å². The molecule has 0 bridgehead atoms. The third-order valence-corrected chi connectivity index (χ3v) is 5.03. The summed E-state index contributed by atoms with van der Waals surface area (Å²) in [6.45, 7) is 3.97. The average Bonchev–Trinajstić information content (AvgIpc) is 2.68. The predicted molar refractivity (Wildman–Crippen MR) is 100.0 cm³/mol. The van der Waals surface area contributed by atoms with Gasteiger partial charge in [0.25, 0.3) is 0 Å². The van der Waals surface area contributed by atoms with Crippen LogP contribution in [0.5, 0.6) is 11.6 Å². The highest BCUT2D eigenvalue weighted by atomic mass is 35.5. The fraction of sp³-hybridized carbons (Fsp3) is 0.474. The van der Waals surface area contributed by atoms with Crippen molar-refractivity contribution in [3.8, 4) is 11.6 Å². The standard InChI is InChI=1S/C19H23ClN2O4/c1-3-25-18(23)19(8-10-21-11-9-19)12-26-15-6-5-14(20)17-13(15)4-7-16(22-17)24-2/h4-7,21H,3,8-12H2,1-2H3. The van der Waals surface area contributed by atoms with Gasteiger partial charge in [-0.3, -0.25) is 4.79 Å². The van der Waals surface area contributed by atoms with Crippen molar-refractivity contribution in [2.45, 2.75) is 19.8 Å². The van der Waals surface area contributed by atoms with Gasteiger partial charge in [-0.05, 0) is 51.1 Å². The molecule has 0 spiro atoms. The largest absolute Gasteiger partial charge is 0.492 e. The van der Waals surface area contributed by atoms with Gasteiger partial charge in [-0.2, -0.15) is 0 Å². The van der Waals surface area contributed by atoms with Gasteiger partial charge >= 0.3 is 5.97 Å². The number of rotatable bonds is 6. The lowest BCUT2D eigenvalue weighted by Gasteiger charge is -2.34. The summed E-state index contributed by atoms with van der Waals surface area (Å²) in [7, 11) is 1.56. The van der Waals surface area contributed by atoms with Gasteiger partial charge in [0.15, 0.2) is 0 Å². The third kappa shape index (κ3) is 3.71. The van der Waals surface area contributed by atoms with Crippen LogP contribution in [0.4, 0.5) is 0 Å². The monoisotopic (exact) mass is 378 g/mol. The van der Waals surface area contributed by atoms with Crippen LogP contribution in [-0.4, -0.2) is 44.4 Å². The number of ether oxygens (including phenoxy) is 3. The van der Waals surface area contributed by atoms with E-state index in [0.29, 0.717) is 41.6 Å². The van der Waals surface area contributed by atoms with Crippen molar-refractivity contribution >= 4 is 28.5 Å². The molecule has 0 aliphatic carbocycles. The van der Waals surface area contributed by atoms with Crippen LogP contribution in [-0.2, 0) is 9.53 Å². The van der Waals surface area contributed by atoms with E-state index < -0.39 is 5.41 Å². The Kier molecular flexibility index (Phi) is 5.84. The fourth-order valence-corrected chi connectivity index (χ4v) is 3.40. The highest BCUT2D eigenvalue weighted by Gasteiger charge is 2.42. The first kappa shape index (κ1) is 18.7. The quantitative estimate of drug-likeness (QED) is 0.778. The molecule has 2 heterocycles. The normalized spacial score (nSPS) is 16.3. The summed E-state index contributed by atoms with van der Waals surface area (Å²) < 4.78 is 16.6. The molecule has 0 atom stereocenters. The third-order valence-electron chi connectivity index (χ3n) is 4.72. The zero-order chi connectivity index (χ0) is 18.6. The molecule has 26 heavy (non-hydrogen) atoms. The number of hydrogen-bond donors (Lipinski definition) is 1. The Balaban J connectivity index is 1.88. The van der Waals surface area contributed by atoms with Crippen molar-refractivity contribution in [3.05, 3.63) is 29.3 Å². The fourth-order valence-electron chi connectivity index (χ4n) is 3.19. The molecule has 0 amide bonds. The van der Waals surface area contributed by atoms with E-state index in [1.807, 2.05) is 13.0 Å². The Morgan fingerprint density at radius 2 is 2.04 bits per heavy atom. The van der Waals surface area contributed by atoms with Crippen LogP contribution in [0, 0.1) is 5.41 Å². The second-order valence-corrected chi connectivity index (χ2v) is 6.74. The highest BCUT2D eigenvalue weighted by Crippen LogP contribution is 2.35. The van der Waals surface area contributed by atoms with Gasteiger partial charge in [-0.25, -0.2) is 4.98 Å². The zero-order valence-electron chi connectivity index (χ0n) is 15.0. The topological polar surface area (TPSA) is 69.7 Å². The first-order valence-electron chi connectivity index (χ1n) is 8.73. The second kappa shape index (κ2) is 8.10. The molecule has 140 valence electrons. The summed E-state index contributed by atoms with van der Waals surface area (Å²) in [6.07, 6.45) is 1.37. The van der Waals surface area contributed by atoms with Gasteiger partial charge in [-0.1, -0.05) is 11.6 Å². The molecule has 3 rings (SSSR count). The molecule has 6 nitrogen and oxygen atoms in total. The van der Waals surface area contributed by atoms with Crippen molar-refractivity contribution in [1.29, 1.82) is 0 Å². The smallest absolute Gasteiger partial charge is 0.315 e. The lowest BCUT2D eigenvalue weighted by Crippen LogP contribution is -2.46. The molecule has 0 radical (unpaired) electrons. The van der Waals surface area contributed by atoms with Crippen LogP contribution in [0.25, 0.3) is 10.9 Å². The summed E-state index contributed by atoms with van der Waals surface area (Å²) in [5.74, 6) is 0.930. The number of methoxy groups -OCH3 is 1. The Hall–Kier alpha value is -2.05. The number of esters is 1. The molecule has 2 aromatic rings. The number of nitrogens with zero attached hydrogens (tertiary/aromatic N) is 1. The van der Waals surface area contributed by atoms with Gasteiger partial charge in [0.2, 0.25) is 5.88 Å². The van der Waals surface area contributed by atoms with Crippen LogP contribution in [0.15, 0.2) is 24.3 Å². The zero-order valence-corrected chi connectivity index (χ0v) is 15.8. The first-order chi connectivity index (χ1) is 12.6. The van der Waals surface area contributed by atoms with Gasteiger partial charge in [0.05, 0.1) is 24.3 Å². The molecule has 0 unspecified atom stereocenters. The molecule has 1 N–H and O–H groups in total. The van der Waals surface area contributed by atoms with E-state index in [4.69, 9.17) is 25.8 Å². The van der Waals surface area contributed by atoms with Crippen molar-refractivity contribution in [3.63, 3.8) is 0 Å². The van der Waals surface area contributed by atoms with E-state index in [1.54, 1.807) is 25.3 Å². The van der Waals surface area contributed by atoms with E-state index in [1.165, 1.54) is 0 Å². The van der Waals surface area contributed by atoms with Crippen LogP contribution in [0.1, 0.15) is 19.8 Å². The maximum absolute atomic E-state index is 12.6. The van der Waals surface area contributed by atoms with Gasteiger partial charge in [0.1, 0.15) is 17.8 Å². The Morgan fingerprint density at radius 3 is 2.73 bits per heavy atom. The Labute approximate surface area is 157 Å². The Morgan fingerprint density at radius 1 is 1.27 bits per heavy atom. The van der Waals surface area contributed by atoms with E-state index >= 15 is 0 Å². The molecule has 1 aliphatic rings. The van der Waals surface area contributed by atoms with E-state index in [-0.39, 0.29) is 12.6 Å². The van der Waals surface area contributed by atoms with Gasteiger partial charge in [0, 0.05) is 11.5 Å². The number of hydrogen-bond acceptors (Lipinski definition) is 6. The lowest BCUT2D eigenvalue weighted by atomic mass is 9.79.